The number of halogens is 4. The summed E-state index contributed by atoms with van der Waals surface area (Å²) in [5, 5.41) is 26.4. The summed E-state index contributed by atoms with van der Waals surface area (Å²) in [6.45, 7) is 0.415. The Morgan fingerprint density at radius 3 is 1.45 bits per heavy atom. The third-order valence-electron chi connectivity index (χ3n) is 2.88. The number of hydrogen-bond donors (Lipinski definition) is 3. The molecule has 0 aliphatic rings. The van der Waals surface area contributed by atoms with Crippen molar-refractivity contribution in [2.24, 2.45) is 0 Å². The van der Waals surface area contributed by atoms with Gasteiger partial charge in [0.15, 0.2) is 0 Å². The van der Waals surface area contributed by atoms with Crippen LogP contribution >= 0.6 is 47.2 Å². The van der Waals surface area contributed by atoms with E-state index >= 15 is 0 Å². The summed E-state index contributed by atoms with van der Waals surface area (Å²) in [6.07, 6.45) is 1.25. The van der Waals surface area contributed by atoms with Gasteiger partial charge in [-0.15, -0.1) is 12.4 Å². The summed E-state index contributed by atoms with van der Waals surface area (Å²) in [6, 6.07) is 13.5. The van der Waals surface area contributed by atoms with Crippen LogP contribution in [0.15, 0.2) is 48.5 Å². The standard InChI is InChI=1S/C9H9ClO3.C8H10O2.CCl2O.CH4.ClH/c10-9(12)13-6-5-7-1-3-8(11)4-2-7;9-6-5-7-1-3-8(10)4-2-7;2-1(3)4;;/h1-4,11H,5-6H2;1-4,9-10H,5-6H2;;1H4;1H. The molecule has 164 valence electrons. The van der Waals surface area contributed by atoms with E-state index in [2.05, 4.69) is 27.9 Å². The minimum absolute atomic E-state index is 0. The van der Waals surface area contributed by atoms with Gasteiger partial charge in [0, 0.05) is 24.6 Å². The van der Waals surface area contributed by atoms with E-state index in [1.165, 1.54) is 0 Å². The monoisotopic (exact) mass is 488 g/mol. The first-order valence-corrected chi connectivity index (χ1v) is 8.72. The highest BCUT2D eigenvalue weighted by molar-refractivity contribution is 6.93. The molecule has 0 aliphatic heterocycles. The molecule has 29 heavy (non-hydrogen) atoms. The maximum atomic E-state index is 10.2. The SMILES string of the molecule is C.Cl.O=C(Cl)Cl.O=C(Cl)OCCc1ccc(O)cc1.OCCc1ccc(O)cc1. The van der Waals surface area contributed by atoms with Crippen LogP contribution in [-0.2, 0) is 17.6 Å². The highest BCUT2D eigenvalue weighted by Gasteiger charge is 1.97. The van der Waals surface area contributed by atoms with Gasteiger partial charge in [-0.25, -0.2) is 4.79 Å². The zero-order chi connectivity index (χ0) is 20.7. The number of ether oxygens (including phenoxy) is 1. The van der Waals surface area contributed by atoms with Gasteiger partial charge in [-0.3, -0.25) is 4.79 Å². The van der Waals surface area contributed by atoms with Crippen molar-refractivity contribution >= 4 is 57.3 Å². The van der Waals surface area contributed by atoms with Crippen molar-refractivity contribution < 1.29 is 29.6 Å². The molecule has 2 rings (SSSR count). The highest BCUT2D eigenvalue weighted by Crippen LogP contribution is 2.10. The van der Waals surface area contributed by atoms with Gasteiger partial charge in [-0.2, -0.15) is 0 Å². The quantitative estimate of drug-likeness (QED) is 0.453. The molecule has 0 atom stereocenters. The summed E-state index contributed by atoms with van der Waals surface area (Å²) in [4.78, 5) is 19.2. The van der Waals surface area contributed by atoms with E-state index in [4.69, 9.17) is 31.7 Å². The van der Waals surface area contributed by atoms with E-state index in [0.29, 0.717) is 12.8 Å². The van der Waals surface area contributed by atoms with Gasteiger partial charge in [0.2, 0.25) is 0 Å². The van der Waals surface area contributed by atoms with Gasteiger partial charge in [0.1, 0.15) is 11.5 Å². The zero-order valence-electron chi connectivity index (χ0n) is 14.6. The predicted molar refractivity (Wildman–Crippen MR) is 119 cm³/mol. The van der Waals surface area contributed by atoms with Crippen molar-refractivity contribution in [3.63, 3.8) is 0 Å². The van der Waals surface area contributed by atoms with Crippen molar-refractivity contribution in [3.05, 3.63) is 59.7 Å². The van der Waals surface area contributed by atoms with Crippen LogP contribution in [0, 0.1) is 0 Å². The van der Waals surface area contributed by atoms with Crippen molar-refractivity contribution in [1.82, 2.24) is 0 Å². The van der Waals surface area contributed by atoms with Gasteiger partial charge in [-0.1, -0.05) is 31.7 Å². The zero-order valence-corrected chi connectivity index (χ0v) is 17.6. The third kappa shape index (κ3) is 20.8. The van der Waals surface area contributed by atoms with E-state index < -0.39 is 10.1 Å². The topological polar surface area (TPSA) is 104 Å². The minimum Gasteiger partial charge on any atom is -0.508 e. The summed E-state index contributed by atoms with van der Waals surface area (Å²) in [5.41, 5.74) is 1.23. The van der Waals surface area contributed by atoms with Gasteiger partial charge in [-0.05, 0) is 65.0 Å². The van der Waals surface area contributed by atoms with E-state index in [9.17, 15) is 4.79 Å². The molecule has 2 aromatic carbocycles. The van der Waals surface area contributed by atoms with Crippen LogP contribution in [0.3, 0.4) is 0 Å². The van der Waals surface area contributed by atoms with E-state index in [-0.39, 0.29) is 44.5 Å². The number of phenols is 2. The Kier molecular flexibility index (Phi) is 21.6. The second kappa shape index (κ2) is 19.6. The van der Waals surface area contributed by atoms with E-state index in [1.807, 2.05) is 0 Å². The highest BCUT2D eigenvalue weighted by atomic mass is 35.5. The first kappa shape index (κ1) is 32.0. The van der Waals surface area contributed by atoms with Gasteiger partial charge in [0.05, 0.1) is 6.61 Å². The molecule has 0 amide bonds. The van der Waals surface area contributed by atoms with Crippen molar-refractivity contribution in [1.29, 1.82) is 0 Å². The molecular weight excluding hydrogens is 466 g/mol. The molecule has 0 aromatic heterocycles. The molecule has 10 heteroatoms. The smallest absolute Gasteiger partial charge is 0.403 e. The number of aromatic hydroxyl groups is 2. The van der Waals surface area contributed by atoms with Crippen LogP contribution in [0.2, 0.25) is 0 Å². The molecular formula is C19H24Cl4O6. The van der Waals surface area contributed by atoms with Crippen LogP contribution in [0.25, 0.3) is 0 Å². The molecule has 2 aromatic rings. The molecule has 0 spiro atoms. The maximum absolute atomic E-state index is 10.2. The number of carbonyl (C=O) groups excluding carboxylic acids is 2. The van der Waals surface area contributed by atoms with Crippen LogP contribution < -0.4 is 0 Å². The van der Waals surface area contributed by atoms with Crippen molar-refractivity contribution in [2.75, 3.05) is 13.2 Å². The number of carbonyl (C=O) groups is 2. The van der Waals surface area contributed by atoms with E-state index in [0.717, 1.165) is 11.1 Å². The summed E-state index contributed by atoms with van der Waals surface area (Å²) in [5.74, 6) is 0.486. The van der Waals surface area contributed by atoms with Gasteiger partial charge < -0.3 is 20.1 Å². The summed E-state index contributed by atoms with van der Waals surface area (Å²) in [7, 11) is 0. The maximum Gasteiger partial charge on any atom is 0.403 e. The van der Waals surface area contributed by atoms with Crippen molar-refractivity contribution in [2.45, 2.75) is 20.3 Å². The number of benzene rings is 2. The fourth-order valence-corrected chi connectivity index (χ4v) is 1.78. The number of aliphatic hydroxyl groups excluding tert-OH is 1. The largest absolute Gasteiger partial charge is 0.508 e. The lowest BCUT2D eigenvalue weighted by atomic mass is 10.1. The molecule has 0 bridgehead atoms. The van der Waals surface area contributed by atoms with Gasteiger partial charge >= 0.3 is 10.1 Å². The predicted octanol–water partition coefficient (Wildman–Crippen LogP) is 5.88. The lowest BCUT2D eigenvalue weighted by molar-refractivity contribution is 0.175. The van der Waals surface area contributed by atoms with Crippen LogP contribution in [0.4, 0.5) is 9.59 Å². The van der Waals surface area contributed by atoms with Crippen LogP contribution in [0.5, 0.6) is 11.5 Å². The summed E-state index contributed by atoms with van der Waals surface area (Å²) >= 11 is 13.8. The molecule has 0 fully saturated rings. The number of hydrogen-bond acceptors (Lipinski definition) is 6. The first-order chi connectivity index (χ1) is 12.7. The van der Waals surface area contributed by atoms with Crippen LogP contribution in [-0.4, -0.2) is 38.7 Å². The average Bonchev–Trinajstić information content (AvgIpc) is 2.59. The Labute approximate surface area is 191 Å². The number of phenolic OH excluding ortho intramolecular Hbond substituents is 2. The average molecular weight is 490 g/mol. The van der Waals surface area contributed by atoms with Crippen molar-refractivity contribution in [3.8, 4) is 11.5 Å². The molecule has 0 unspecified atom stereocenters. The Balaban J connectivity index is -0.000000379. The molecule has 0 saturated heterocycles. The molecule has 0 radical (unpaired) electrons. The number of rotatable bonds is 5. The van der Waals surface area contributed by atoms with Gasteiger partial charge in [0.25, 0.3) is 0 Å². The van der Waals surface area contributed by atoms with E-state index in [1.54, 1.807) is 48.5 Å². The molecule has 0 saturated carbocycles. The Bertz CT molecular complexity index is 674. The summed E-state index contributed by atoms with van der Waals surface area (Å²) < 4.78 is 3.65. The lowest BCUT2D eigenvalue weighted by Crippen LogP contribution is -1.99. The molecule has 3 N–H and O–H groups in total. The molecule has 0 aliphatic carbocycles. The third-order valence-corrected chi connectivity index (χ3v) is 2.99. The minimum atomic E-state index is -0.889. The second-order valence-electron chi connectivity index (χ2n) is 4.87. The normalized spacial score (nSPS) is 8.55. The van der Waals surface area contributed by atoms with Crippen LogP contribution in [0.1, 0.15) is 18.6 Å². The number of aliphatic hydroxyl groups is 1. The fraction of sp³-hybridized carbons (Fsp3) is 0.263. The molecule has 0 heterocycles. The Morgan fingerprint density at radius 2 is 1.14 bits per heavy atom. The first-order valence-electron chi connectivity index (χ1n) is 7.58. The lowest BCUT2D eigenvalue weighted by Gasteiger charge is -2.00. The second-order valence-corrected chi connectivity index (χ2v) is 6.06. The Hall–Kier alpha value is -1.70. The fourth-order valence-electron chi connectivity index (χ4n) is 1.70. The molecule has 6 nitrogen and oxygen atoms in total. The Morgan fingerprint density at radius 1 is 0.793 bits per heavy atom.